The van der Waals surface area contributed by atoms with Gasteiger partial charge in [0, 0.05) is 17.5 Å². The summed E-state index contributed by atoms with van der Waals surface area (Å²) in [5, 5.41) is 3.21. The number of nitrogens with zero attached hydrogens (tertiary/aromatic N) is 1. The van der Waals surface area contributed by atoms with E-state index >= 15 is 0 Å². The van der Waals surface area contributed by atoms with Gasteiger partial charge in [-0.05, 0) is 29.2 Å². The summed E-state index contributed by atoms with van der Waals surface area (Å²) in [6.45, 7) is 4.07. The Labute approximate surface area is 162 Å². The summed E-state index contributed by atoms with van der Waals surface area (Å²) < 4.78 is 19.4. The van der Waals surface area contributed by atoms with Gasteiger partial charge in [-0.1, -0.05) is 50.2 Å². The van der Waals surface area contributed by atoms with E-state index in [0.717, 1.165) is 10.4 Å². The van der Waals surface area contributed by atoms with Crippen LogP contribution in [0, 0.1) is 5.82 Å². The van der Waals surface area contributed by atoms with Crippen LogP contribution in [0.4, 0.5) is 9.52 Å². The van der Waals surface area contributed by atoms with Crippen molar-refractivity contribution in [2.45, 2.75) is 26.2 Å². The Morgan fingerprint density at radius 1 is 1.19 bits per heavy atom. The van der Waals surface area contributed by atoms with Crippen LogP contribution in [0.2, 0.25) is 0 Å². The number of ether oxygens (including phenoxy) is 1. The van der Waals surface area contributed by atoms with Crippen LogP contribution in [0.25, 0.3) is 0 Å². The van der Waals surface area contributed by atoms with Crippen molar-refractivity contribution in [3.05, 3.63) is 76.5 Å². The van der Waals surface area contributed by atoms with Crippen molar-refractivity contribution in [2.75, 3.05) is 11.9 Å². The van der Waals surface area contributed by atoms with Crippen LogP contribution in [0.5, 0.6) is 5.75 Å². The Balaban J connectivity index is 1.56. The summed E-state index contributed by atoms with van der Waals surface area (Å²) in [7, 11) is 0. The molecule has 1 aromatic heterocycles. The number of halogens is 1. The molecule has 6 heteroatoms. The highest BCUT2D eigenvalue weighted by atomic mass is 32.1. The van der Waals surface area contributed by atoms with Crippen molar-refractivity contribution in [1.29, 1.82) is 0 Å². The van der Waals surface area contributed by atoms with Gasteiger partial charge < -0.3 is 4.74 Å². The number of para-hydroxylation sites is 1. The molecule has 0 bridgehead atoms. The number of anilines is 1. The first-order chi connectivity index (χ1) is 13.0. The molecule has 0 fully saturated rings. The van der Waals surface area contributed by atoms with Gasteiger partial charge in [0.1, 0.15) is 11.6 Å². The molecule has 0 aliphatic rings. The minimum Gasteiger partial charge on any atom is -0.483 e. The fraction of sp³-hybridized carbons (Fsp3) is 0.238. The van der Waals surface area contributed by atoms with Gasteiger partial charge in [-0.15, -0.1) is 11.3 Å². The molecule has 0 unspecified atom stereocenters. The Hall–Kier alpha value is -2.73. The Morgan fingerprint density at radius 2 is 1.93 bits per heavy atom. The summed E-state index contributed by atoms with van der Waals surface area (Å²) >= 11 is 1.33. The van der Waals surface area contributed by atoms with Crippen LogP contribution in [0.3, 0.4) is 0 Å². The molecule has 0 aliphatic carbocycles. The van der Waals surface area contributed by atoms with Gasteiger partial charge in [-0.25, -0.2) is 9.37 Å². The molecule has 4 nitrogen and oxygen atoms in total. The minimum absolute atomic E-state index is 0.0913. The highest BCUT2D eigenvalue weighted by Crippen LogP contribution is 2.26. The second-order valence-corrected chi connectivity index (χ2v) is 7.54. The summed E-state index contributed by atoms with van der Waals surface area (Å²) in [4.78, 5) is 17.2. The predicted octanol–water partition coefficient (Wildman–Crippen LogP) is 5.01. The molecule has 140 valence electrons. The van der Waals surface area contributed by atoms with Crippen LogP contribution in [-0.4, -0.2) is 17.5 Å². The average Bonchev–Trinajstić information content (AvgIpc) is 3.09. The number of amides is 1. The van der Waals surface area contributed by atoms with E-state index in [9.17, 15) is 9.18 Å². The molecule has 27 heavy (non-hydrogen) atoms. The highest BCUT2D eigenvalue weighted by Gasteiger charge is 2.12. The number of hydrogen-bond acceptors (Lipinski definition) is 4. The molecule has 0 radical (unpaired) electrons. The molecule has 1 amide bonds. The molecular weight excluding hydrogens is 363 g/mol. The van der Waals surface area contributed by atoms with Crippen LogP contribution in [-0.2, 0) is 11.2 Å². The van der Waals surface area contributed by atoms with Gasteiger partial charge in [0.05, 0.1) is 0 Å². The third-order valence-corrected chi connectivity index (χ3v) is 4.93. The van der Waals surface area contributed by atoms with Gasteiger partial charge in [0.2, 0.25) is 0 Å². The molecule has 0 aliphatic heterocycles. The number of hydrogen-bond donors (Lipinski definition) is 1. The van der Waals surface area contributed by atoms with E-state index in [0.29, 0.717) is 28.8 Å². The maximum absolute atomic E-state index is 13.7. The second-order valence-electron chi connectivity index (χ2n) is 6.43. The predicted molar refractivity (Wildman–Crippen MR) is 106 cm³/mol. The first kappa shape index (κ1) is 19.0. The van der Waals surface area contributed by atoms with Crippen LogP contribution >= 0.6 is 11.3 Å². The third kappa shape index (κ3) is 5.14. The fourth-order valence-corrected chi connectivity index (χ4v) is 3.52. The molecule has 0 saturated heterocycles. The monoisotopic (exact) mass is 384 g/mol. The molecule has 0 saturated carbocycles. The SMILES string of the molecule is CC(C)c1ccccc1OCC(=O)Nc1ncc(Cc2ccccc2F)s1. The molecule has 1 N–H and O–H groups in total. The number of rotatable bonds is 7. The van der Waals surface area contributed by atoms with Gasteiger partial charge >= 0.3 is 0 Å². The normalized spacial score (nSPS) is 10.8. The zero-order chi connectivity index (χ0) is 19.2. The number of nitrogens with one attached hydrogen (secondary N) is 1. The number of thiazole rings is 1. The zero-order valence-electron chi connectivity index (χ0n) is 15.2. The van der Waals surface area contributed by atoms with E-state index in [-0.39, 0.29) is 18.3 Å². The molecule has 1 heterocycles. The first-order valence-electron chi connectivity index (χ1n) is 8.72. The standard InChI is InChI=1S/C21H21FN2O2S/c1-14(2)17-8-4-6-10-19(17)26-13-20(25)24-21-23-12-16(27-21)11-15-7-3-5-9-18(15)22/h3-10,12,14H,11,13H2,1-2H3,(H,23,24,25). The topological polar surface area (TPSA) is 51.2 Å². The number of carbonyl (C=O) groups is 1. The highest BCUT2D eigenvalue weighted by molar-refractivity contribution is 7.15. The van der Waals surface area contributed by atoms with Gasteiger partial charge in [-0.2, -0.15) is 0 Å². The van der Waals surface area contributed by atoms with E-state index in [2.05, 4.69) is 24.1 Å². The van der Waals surface area contributed by atoms with Crippen LogP contribution < -0.4 is 10.1 Å². The zero-order valence-corrected chi connectivity index (χ0v) is 16.1. The Kier molecular flexibility index (Phi) is 6.19. The Bertz CT molecular complexity index is 924. The van der Waals surface area contributed by atoms with Crippen molar-refractivity contribution >= 4 is 22.4 Å². The average molecular weight is 384 g/mol. The lowest BCUT2D eigenvalue weighted by Crippen LogP contribution is -2.20. The van der Waals surface area contributed by atoms with Crippen LogP contribution in [0.1, 0.15) is 35.8 Å². The lowest BCUT2D eigenvalue weighted by Gasteiger charge is -2.13. The number of benzene rings is 2. The largest absolute Gasteiger partial charge is 0.483 e. The molecule has 3 rings (SSSR count). The number of aromatic nitrogens is 1. The van der Waals surface area contributed by atoms with Crippen molar-refractivity contribution in [3.63, 3.8) is 0 Å². The third-order valence-electron chi connectivity index (χ3n) is 4.02. The molecule has 2 aromatic carbocycles. The van der Waals surface area contributed by atoms with Gasteiger partial charge in [0.25, 0.3) is 5.91 Å². The Morgan fingerprint density at radius 3 is 2.70 bits per heavy atom. The quantitative estimate of drug-likeness (QED) is 0.623. The molecule has 0 spiro atoms. The minimum atomic E-state index is -0.277. The molecular formula is C21H21FN2O2S. The van der Waals surface area contributed by atoms with E-state index in [1.165, 1.54) is 17.4 Å². The lowest BCUT2D eigenvalue weighted by atomic mass is 10.0. The second kappa shape index (κ2) is 8.77. The van der Waals surface area contributed by atoms with Gasteiger partial charge in [-0.3, -0.25) is 10.1 Å². The smallest absolute Gasteiger partial charge is 0.264 e. The van der Waals surface area contributed by atoms with Gasteiger partial charge in [0.15, 0.2) is 11.7 Å². The lowest BCUT2D eigenvalue weighted by molar-refractivity contribution is -0.118. The number of carbonyl (C=O) groups excluding carboxylic acids is 1. The summed E-state index contributed by atoms with van der Waals surface area (Å²) in [6, 6.07) is 14.3. The maximum Gasteiger partial charge on any atom is 0.264 e. The summed E-state index contributed by atoms with van der Waals surface area (Å²) in [6.07, 6.45) is 2.10. The van der Waals surface area contributed by atoms with Crippen molar-refractivity contribution in [3.8, 4) is 5.75 Å². The summed E-state index contributed by atoms with van der Waals surface area (Å²) in [5.41, 5.74) is 1.67. The van der Waals surface area contributed by atoms with Crippen molar-refractivity contribution in [1.82, 2.24) is 4.98 Å². The van der Waals surface area contributed by atoms with Crippen LogP contribution in [0.15, 0.2) is 54.7 Å². The van der Waals surface area contributed by atoms with E-state index in [1.807, 2.05) is 24.3 Å². The maximum atomic E-state index is 13.7. The van der Waals surface area contributed by atoms with Crippen molar-refractivity contribution in [2.24, 2.45) is 0 Å². The molecule has 3 aromatic rings. The van der Waals surface area contributed by atoms with E-state index < -0.39 is 0 Å². The van der Waals surface area contributed by atoms with E-state index in [4.69, 9.17) is 4.74 Å². The first-order valence-corrected chi connectivity index (χ1v) is 9.54. The summed E-state index contributed by atoms with van der Waals surface area (Å²) in [5.74, 6) is 0.500. The molecule has 0 atom stereocenters. The fourth-order valence-electron chi connectivity index (χ4n) is 2.66. The van der Waals surface area contributed by atoms with Crippen molar-refractivity contribution < 1.29 is 13.9 Å². The van der Waals surface area contributed by atoms with E-state index in [1.54, 1.807) is 24.4 Å².